The summed E-state index contributed by atoms with van der Waals surface area (Å²) in [7, 11) is -3.76. The van der Waals surface area contributed by atoms with E-state index in [1.807, 2.05) is 6.92 Å². The Bertz CT molecular complexity index is 1020. The maximum absolute atomic E-state index is 12.8. The molecule has 0 aliphatic heterocycles. The van der Waals surface area contributed by atoms with Crippen molar-refractivity contribution in [2.45, 2.75) is 25.7 Å². The Morgan fingerprint density at radius 3 is 2.40 bits per heavy atom. The molecule has 25 heavy (non-hydrogen) atoms. The molecule has 7 heteroatoms. The first-order chi connectivity index (χ1) is 11.8. The summed E-state index contributed by atoms with van der Waals surface area (Å²) in [6.45, 7) is 5.37. The molecule has 0 saturated carbocycles. The van der Waals surface area contributed by atoms with Crippen LogP contribution in [0.25, 0.3) is 11.3 Å². The summed E-state index contributed by atoms with van der Waals surface area (Å²) >= 11 is 0. The van der Waals surface area contributed by atoms with E-state index in [-0.39, 0.29) is 4.90 Å². The number of para-hydroxylation sites is 1. The summed E-state index contributed by atoms with van der Waals surface area (Å²) in [5.74, 6) is 0.598. The number of anilines is 2. The summed E-state index contributed by atoms with van der Waals surface area (Å²) in [5, 5.41) is 3.85. The fourth-order valence-corrected chi connectivity index (χ4v) is 4.01. The highest BCUT2D eigenvalue weighted by atomic mass is 32.2. The van der Waals surface area contributed by atoms with Gasteiger partial charge in [0, 0.05) is 11.6 Å². The van der Waals surface area contributed by atoms with Crippen LogP contribution in [0.3, 0.4) is 0 Å². The molecule has 3 rings (SSSR count). The lowest BCUT2D eigenvalue weighted by atomic mass is 10.1. The highest BCUT2D eigenvalue weighted by molar-refractivity contribution is 7.92. The minimum Gasteiger partial charge on any atom is -0.397 e. The topological polar surface area (TPSA) is 98.2 Å². The van der Waals surface area contributed by atoms with E-state index in [0.29, 0.717) is 22.7 Å². The molecular weight excluding hydrogens is 338 g/mol. The standard InChI is InChI=1S/C18H19N3O3S/c1-11-5-4-6-15(19)18(11)21-25(22,23)17-8-7-14(9-12(17)2)16-10-13(3)20-24-16/h4-10,21H,19H2,1-3H3. The van der Waals surface area contributed by atoms with Crippen molar-refractivity contribution in [3.8, 4) is 11.3 Å². The summed E-state index contributed by atoms with van der Waals surface area (Å²) in [5.41, 5.74) is 9.58. The number of rotatable bonds is 4. The van der Waals surface area contributed by atoms with E-state index in [1.54, 1.807) is 56.3 Å². The zero-order chi connectivity index (χ0) is 18.2. The molecule has 0 atom stereocenters. The molecule has 0 aliphatic carbocycles. The Morgan fingerprint density at radius 1 is 1.04 bits per heavy atom. The minimum absolute atomic E-state index is 0.190. The van der Waals surface area contributed by atoms with Crippen LogP contribution in [0.4, 0.5) is 11.4 Å². The average Bonchev–Trinajstić information content (AvgIpc) is 2.97. The van der Waals surface area contributed by atoms with E-state index in [4.69, 9.17) is 10.3 Å². The lowest BCUT2D eigenvalue weighted by Gasteiger charge is -2.14. The van der Waals surface area contributed by atoms with Gasteiger partial charge >= 0.3 is 0 Å². The average molecular weight is 357 g/mol. The Balaban J connectivity index is 1.98. The van der Waals surface area contributed by atoms with E-state index in [1.165, 1.54) is 0 Å². The molecule has 130 valence electrons. The Hall–Kier alpha value is -2.80. The van der Waals surface area contributed by atoms with Gasteiger partial charge in [0.1, 0.15) is 0 Å². The first-order valence-corrected chi connectivity index (χ1v) is 9.18. The minimum atomic E-state index is -3.76. The third kappa shape index (κ3) is 3.36. The van der Waals surface area contributed by atoms with Gasteiger partial charge in [-0.1, -0.05) is 17.3 Å². The van der Waals surface area contributed by atoms with E-state index in [2.05, 4.69) is 9.88 Å². The van der Waals surface area contributed by atoms with Crippen LogP contribution >= 0.6 is 0 Å². The van der Waals surface area contributed by atoms with Crippen LogP contribution in [0.5, 0.6) is 0 Å². The fraction of sp³-hybridized carbons (Fsp3) is 0.167. The summed E-state index contributed by atoms with van der Waals surface area (Å²) in [4.78, 5) is 0.190. The van der Waals surface area contributed by atoms with Crippen molar-refractivity contribution in [1.29, 1.82) is 0 Å². The predicted octanol–water partition coefficient (Wildman–Crippen LogP) is 3.65. The molecule has 3 aromatic rings. The molecule has 0 unspecified atom stereocenters. The van der Waals surface area contributed by atoms with Crippen LogP contribution in [0, 0.1) is 20.8 Å². The molecule has 1 aromatic heterocycles. The quantitative estimate of drug-likeness (QED) is 0.695. The lowest BCUT2D eigenvalue weighted by Crippen LogP contribution is -2.16. The third-order valence-electron chi connectivity index (χ3n) is 3.92. The zero-order valence-electron chi connectivity index (χ0n) is 14.2. The van der Waals surface area contributed by atoms with Crippen LogP contribution in [0.2, 0.25) is 0 Å². The fourth-order valence-electron chi connectivity index (χ4n) is 2.62. The van der Waals surface area contributed by atoms with Gasteiger partial charge in [0.25, 0.3) is 10.0 Å². The molecule has 0 bridgehead atoms. The van der Waals surface area contributed by atoms with Gasteiger partial charge in [-0.15, -0.1) is 0 Å². The summed E-state index contributed by atoms with van der Waals surface area (Å²) in [6.07, 6.45) is 0. The summed E-state index contributed by atoms with van der Waals surface area (Å²) in [6, 6.07) is 12.1. The van der Waals surface area contributed by atoms with Gasteiger partial charge in [0.2, 0.25) is 0 Å². The second-order valence-electron chi connectivity index (χ2n) is 5.96. The molecule has 0 radical (unpaired) electrons. The lowest BCUT2D eigenvalue weighted by molar-refractivity contribution is 0.427. The van der Waals surface area contributed by atoms with Crippen LogP contribution in [0.15, 0.2) is 51.9 Å². The monoisotopic (exact) mass is 357 g/mol. The molecule has 0 aliphatic rings. The van der Waals surface area contributed by atoms with Gasteiger partial charge in [-0.25, -0.2) is 8.42 Å². The molecule has 1 heterocycles. The van der Waals surface area contributed by atoms with Gasteiger partial charge < -0.3 is 10.3 Å². The summed E-state index contributed by atoms with van der Waals surface area (Å²) < 4.78 is 33.4. The first kappa shape index (κ1) is 17.0. The number of hydrogen-bond acceptors (Lipinski definition) is 5. The van der Waals surface area contributed by atoms with Gasteiger partial charge in [-0.2, -0.15) is 0 Å². The number of nitrogen functional groups attached to an aromatic ring is 1. The third-order valence-corrected chi connectivity index (χ3v) is 5.43. The van der Waals surface area contributed by atoms with Crippen molar-refractivity contribution in [3.05, 3.63) is 59.3 Å². The maximum Gasteiger partial charge on any atom is 0.262 e. The molecule has 0 fully saturated rings. The van der Waals surface area contributed by atoms with Gasteiger partial charge in [0.15, 0.2) is 5.76 Å². The van der Waals surface area contributed by atoms with Crippen LogP contribution in [0.1, 0.15) is 16.8 Å². The molecule has 6 nitrogen and oxygen atoms in total. The number of hydrogen-bond donors (Lipinski definition) is 2. The number of nitrogens with one attached hydrogen (secondary N) is 1. The number of aryl methyl sites for hydroxylation is 3. The number of nitrogens with two attached hydrogens (primary N) is 1. The van der Waals surface area contributed by atoms with Crippen molar-refractivity contribution in [1.82, 2.24) is 5.16 Å². The van der Waals surface area contributed by atoms with E-state index in [0.717, 1.165) is 16.8 Å². The molecule has 0 amide bonds. The Labute approximate surface area is 146 Å². The van der Waals surface area contributed by atoms with Crippen molar-refractivity contribution in [3.63, 3.8) is 0 Å². The van der Waals surface area contributed by atoms with Crippen molar-refractivity contribution < 1.29 is 12.9 Å². The second-order valence-corrected chi connectivity index (χ2v) is 7.61. The molecule has 3 N–H and O–H groups in total. The van der Waals surface area contributed by atoms with Gasteiger partial charge in [-0.3, -0.25) is 4.72 Å². The van der Waals surface area contributed by atoms with Gasteiger partial charge in [-0.05, 0) is 56.2 Å². The van der Waals surface area contributed by atoms with Crippen LogP contribution < -0.4 is 10.5 Å². The SMILES string of the molecule is Cc1cc(-c2ccc(S(=O)(=O)Nc3c(C)cccc3N)c(C)c2)on1. The van der Waals surface area contributed by atoms with E-state index >= 15 is 0 Å². The second kappa shape index (κ2) is 6.25. The van der Waals surface area contributed by atoms with Crippen molar-refractivity contribution >= 4 is 21.4 Å². The molecule has 2 aromatic carbocycles. The van der Waals surface area contributed by atoms with E-state index in [9.17, 15) is 8.42 Å². The van der Waals surface area contributed by atoms with Crippen LogP contribution in [-0.4, -0.2) is 13.6 Å². The number of benzene rings is 2. The Morgan fingerprint density at radius 2 is 1.80 bits per heavy atom. The maximum atomic E-state index is 12.8. The predicted molar refractivity (Wildman–Crippen MR) is 97.8 cm³/mol. The number of sulfonamides is 1. The number of aromatic nitrogens is 1. The first-order valence-electron chi connectivity index (χ1n) is 7.70. The van der Waals surface area contributed by atoms with Crippen molar-refractivity contribution in [2.75, 3.05) is 10.5 Å². The zero-order valence-corrected chi connectivity index (χ0v) is 15.0. The molecule has 0 saturated heterocycles. The number of nitrogens with zero attached hydrogens (tertiary/aromatic N) is 1. The largest absolute Gasteiger partial charge is 0.397 e. The normalized spacial score (nSPS) is 11.5. The molecule has 0 spiro atoms. The Kier molecular flexibility index (Phi) is 4.26. The highest BCUT2D eigenvalue weighted by Gasteiger charge is 2.20. The van der Waals surface area contributed by atoms with Gasteiger partial charge in [0.05, 0.1) is 22.0 Å². The van der Waals surface area contributed by atoms with Crippen molar-refractivity contribution in [2.24, 2.45) is 0 Å². The highest BCUT2D eigenvalue weighted by Crippen LogP contribution is 2.29. The van der Waals surface area contributed by atoms with Crippen LogP contribution in [-0.2, 0) is 10.0 Å². The molecular formula is C18H19N3O3S. The van der Waals surface area contributed by atoms with E-state index < -0.39 is 10.0 Å². The smallest absolute Gasteiger partial charge is 0.262 e.